The molecule has 0 bridgehead atoms. The van der Waals surface area contributed by atoms with Gasteiger partial charge in [-0.3, -0.25) is 0 Å². The molecule has 1 aliphatic heterocycles. The van der Waals surface area contributed by atoms with Gasteiger partial charge >= 0.3 is 6.18 Å². The molecular formula is C21H24BrF3N2O3S. The highest BCUT2D eigenvalue weighted by molar-refractivity contribution is 9.10. The van der Waals surface area contributed by atoms with Gasteiger partial charge in [-0.05, 0) is 41.7 Å². The molecule has 2 atom stereocenters. The van der Waals surface area contributed by atoms with Gasteiger partial charge in [0.15, 0.2) is 20.5 Å². The van der Waals surface area contributed by atoms with Gasteiger partial charge in [-0.2, -0.15) is 13.2 Å². The monoisotopic (exact) mass is 520 g/mol. The third-order valence-electron chi connectivity index (χ3n) is 5.58. The Bertz CT molecular complexity index is 1090. The number of alkyl halides is 3. The van der Waals surface area contributed by atoms with Crippen molar-refractivity contribution < 1.29 is 26.7 Å². The molecule has 1 unspecified atom stereocenters. The van der Waals surface area contributed by atoms with E-state index in [1.165, 1.54) is 12.1 Å². The lowest BCUT2D eigenvalue weighted by Crippen LogP contribution is -2.51. The van der Waals surface area contributed by atoms with E-state index in [0.717, 1.165) is 10.7 Å². The SMILES string of the molecule is CC(C)(C[C@@](O)(CC1Cc2nc(S(C)(=O)=O)ccc2N1)C(F)(F)F)c1cccc(Br)c1. The zero-order valence-electron chi connectivity index (χ0n) is 17.3. The van der Waals surface area contributed by atoms with Crippen molar-refractivity contribution in [3.63, 3.8) is 0 Å². The molecule has 0 aliphatic carbocycles. The number of rotatable bonds is 6. The number of pyridine rings is 1. The van der Waals surface area contributed by atoms with Crippen LogP contribution in [0.25, 0.3) is 0 Å². The van der Waals surface area contributed by atoms with Crippen LogP contribution in [0, 0.1) is 0 Å². The van der Waals surface area contributed by atoms with E-state index >= 15 is 0 Å². The molecule has 10 heteroatoms. The van der Waals surface area contributed by atoms with Gasteiger partial charge in [0.25, 0.3) is 0 Å². The molecule has 2 aromatic rings. The highest BCUT2D eigenvalue weighted by Crippen LogP contribution is 2.45. The first-order valence-corrected chi connectivity index (χ1v) is 12.3. The number of halogens is 4. The topological polar surface area (TPSA) is 79.3 Å². The number of aliphatic hydroxyl groups is 1. The lowest BCUT2D eigenvalue weighted by Gasteiger charge is -2.39. The van der Waals surface area contributed by atoms with E-state index in [0.29, 0.717) is 16.9 Å². The molecular weight excluding hydrogens is 497 g/mol. The number of hydrogen-bond donors (Lipinski definition) is 2. The summed E-state index contributed by atoms with van der Waals surface area (Å²) in [6.07, 6.45) is -4.85. The van der Waals surface area contributed by atoms with E-state index in [1.54, 1.807) is 38.1 Å². The first-order chi connectivity index (χ1) is 14.1. The molecule has 0 amide bonds. The fourth-order valence-corrected chi connectivity index (χ4v) is 5.03. The van der Waals surface area contributed by atoms with Gasteiger partial charge in [0.1, 0.15) is 0 Å². The summed E-state index contributed by atoms with van der Waals surface area (Å²) in [5.74, 6) is 0. The number of anilines is 1. The van der Waals surface area contributed by atoms with Crippen LogP contribution in [0.15, 0.2) is 45.9 Å². The Balaban J connectivity index is 1.85. The van der Waals surface area contributed by atoms with Gasteiger partial charge in [-0.25, -0.2) is 13.4 Å². The van der Waals surface area contributed by atoms with E-state index in [9.17, 15) is 26.7 Å². The van der Waals surface area contributed by atoms with Crippen LogP contribution in [0.3, 0.4) is 0 Å². The summed E-state index contributed by atoms with van der Waals surface area (Å²) in [7, 11) is -3.53. The maximum atomic E-state index is 14.1. The van der Waals surface area contributed by atoms with Crippen LogP contribution in [0.5, 0.6) is 0 Å². The minimum Gasteiger partial charge on any atom is -0.380 e. The Morgan fingerprint density at radius 1 is 1.23 bits per heavy atom. The predicted octanol–water partition coefficient (Wildman–Crippen LogP) is 4.64. The average molecular weight is 521 g/mol. The van der Waals surface area contributed by atoms with Gasteiger partial charge in [-0.15, -0.1) is 0 Å². The van der Waals surface area contributed by atoms with E-state index in [1.807, 2.05) is 0 Å². The molecule has 0 saturated carbocycles. The maximum absolute atomic E-state index is 14.1. The van der Waals surface area contributed by atoms with Crippen LogP contribution < -0.4 is 5.32 Å². The van der Waals surface area contributed by atoms with Gasteiger partial charge < -0.3 is 10.4 Å². The zero-order valence-corrected chi connectivity index (χ0v) is 19.7. The van der Waals surface area contributed by atoms with Crippen molar-refractivity contribution in [1.82, 2.24) is 4.98 Å². The quantitative estimate of drug-likeness (QED) is 0.580. The normalized spacial score (nSPS) is 18.9. The maximum Gasteiger partial charge on any atom is 0.417 e. The van der Waals surface area contributed by atoms with Crippen molar-refractivity contribution >= 4 is 31.5 Å². The average Bonchev–Trinajstić information content (AvgIpc) is 3.00. The minimum absolute atomic E-state index is 0.0917. The lowest BCUT2D eigenvalue weighted by molar-refractivity contribution is -0.270. The fourth-order valence-electron chi connectivity index (χ4n) is 4.04. The van der Waals surface area contributed by atoms with Crippen molar-refractivity contribution in [2.45, 2.75) is 61.4 Å². The first-order valence-electron chi connectivity index (χ1n) is 9.62. The number of benzene rings is 1. The molecule has 0 fully saturated rings. The van der Waals surface area contributed by atoms with Crippen LogP contribution >= 0.6 is 15.9 Å². The molecule has 170 valence electrons. The van der Waals surface area contributed by atoms with Crippen LogP contribution in [-0.4, -0.2) is 42.6 Å². The third kappa shape index (κ3) is 5.23. The fraction of sp³-hybridized carbons (Fsp3) is 0.476. The molecule has 3 rings (SSSR count). The molecule has 0 spiro atoms. The molecule has 1 aliphatic rings. The van der Waals surface area contributed by atoms with Gasteiger partial charge in [-0.1, -0.05) is 41.9 Å². The number of nitrogens with one attached hydrogen (secondary N) is 1. The largest absolute Gasteiger partial charge is 0.417 e. The van der Waals surface area contributed by atoms with Gasteiger partial charge in [0.2, 0.25) is 0 Å². The summed E-state index contributed by atoms with van der Waals surface area (Å²) in [6.45, 7) is 3.34. The van der Waals surface area contributed by atoms with Crippen LogP contribution in [-0.2, 0) is 21.7 Å². The number of nitrogens with zero attached hydrogens (tertiary/aromatic N) is 1. The second-order valence-corrected chi connectivity index (χ2v) is 11.6. The van der Waals surface area contributed by atoms with Gasteiger partial charge in [0, 0.05) is 29.6 Å². The van der Waals surface area contributed by atoms with Crippen LogP contribution in [0.2, 0.25) is 0 Å². The third-order valence-corrected chi connectivity index (χ3v) is 7.06. The smallest absolute Gasteiger partial charge is 0.380 e. The summed E-state index contributed by atoms with van der Waals surface area (Å²) in [5, 5.41) is 13.7. The Kier molecular flexibility index (Phi) is 6.23. The second-order valence-electron chi connectivity index (χ2n) is 8.77. The van der Waals surface area contributed by atoms with Crippen molar-refractivity contribution in [2.75, 3.05) is 11.6 Å². The summed E-state index contributed by atoms with van der Waals surface area (Å²) in [6, 6.07) is 9.09. The molecule has 31 heavy (non-hydrogen) atoms. The highest BCUT2D eigenvalue weighted by Gasteiger charge is 2.57. The molecule has 5 nitrogen and oxygen atoms in total. The number of sulfone groups is 1. The molecule has 2 heterocycles. The molecule has 2 N–H and O–H groups in total. The lowest BCUT2D eigenvalue weighted by atomic mass is 9.73. The first kappa shape index (κ1) is 24.0. The van der Waals surface area contributed by atoms with E-state index in [-0.39, 0.29) is 11.4 Å². The molecule has 0 saturated heterocycles. The molecule has 1 aromatic heterocycles. The minimum atomic E-state index is -4.85. The van der Waals surface area contributed by atoms with Crippen LogP contribution in [0.1, 0.15) is 37.9 Å². The number of aromatic nitrogens is 1. The van der Waals surface area contributed by atoms with Crippen molar-refractivity contribution in [2.24, 2.45) is 0 Å². The van der Waals surface area contributed by atoms with E-state index in [4.69, 9.17) is 0 Å². The van der Waals surface area contributed by atoms with E-state index in [2.05, 4.69) is 26.2 Å². The van der Waals surface area contributed by atoms with Crippen molar-refractivity contribution in [3.8, 4) is 0 Å². The number of hydrogen-bond acceptors (Lipinski definition) is 5. The Hall–Kier alpha value is -1.65. The van der Waals surface area contributed by atoms with E-state index < -0.39 is 45.9 Å². The highest BCUT2D eigenvalue weighted by atomic mass is 79.9. The standard InChI is InChI=1S/C21H24BrF3N2O3S/c1-19(2,13-5-4-6-14(22)9-13)12-20(28,21(23,24)25)11-15-10-17-16(26-15)7-8-18(27-17)31(3,29)30/h4-9,15,26,28H,10-12H2,1-3H3/t15?,20-/m0/s1. The Labute approximate surface area is 188 Å². The summed E-state index contributed by atoms with van der Waals surface area (Å²) < 4.78 is 66.3. The van der Waals surface area contributed by atoms with Crippen molar-refractivity contribution in [1.29, 1.82) is 0 Å². The molecule has 0 radical (unpaired) electrons. The zero-order chi connectivity index (χ0) is 23.2. The summed E-state index contributed by atoms with van der Waals surface area (Å²) in [4.78, 5) is 4.08. The van der Waals surface area contributed by atoms with Gasteiger partial charge in [0.05, 0.1) is 11.4 Å². The summed E-state index contributed by atoms with van der Waals surface area (Å²) in [5.41, 5.74) is -2.37. The molecule has 1 aromatic carbocycles. The number of fused-ring (bicyclic) bond motifs is 1. The second kappa shape index (κ2) is 8.04. The van der Waals surface area contributed by atoms with Crippen molar-refractivity contribution in [3.05, 3.63) is 52.1 Å². The van der Waals surface area contributed by atoms with Crippen LogP contribution in [0.4, 0.5) is 18.9 Å². The Morgan fingerprint density at radius 3 is 2.48 bits per heavy atom. The Morgan fingerprint density at radius 2 is 1.90 bits per heavy atom. The summed E-state index contributed by atoms with van der Waals surface area (Å²) >= 11 is 3.34. The predicted molar refractivity (Wildman–Crippen MR) is 116 cm³/mol.